The average molecular weight is 387 g/mol. The van der Waals surface area contributed by atoms with Crippen LogP contribution in [0.15, 0.2) is 48.5 Å². The molecule has 26 heavy (non-hydrogen) atoms. The fourth-order valence-electron chi connectivity index (χ4n) is 2.30. The molecule has 0 saturated heterocycles. The van der Waals surface area contributed by atoms with E-state index in [9.17, 15) is 0 Å². The predicted octanol–water partition coefficient (Wildman–Crippen LogP) is 4.31. The van der Waals surface area contributed by atoms with Crippen molar-refractivity contribution in [1.82, 2.24) is 19.8 Å². The van der Waals surface area contributed by atoms with Gasteiger partial charge in [0.05, 0.1) is 0 Å². The summed E-state index contributed by atoms with van der Waals surface area (Å²) in [5.74, 6) is 2.16. The van der Waals surface area contributed by atoms with E-state index in [4.69, 9.17) is 21.1 Å². The second-order valence-electron chi connectivity index (χ2n) is 5.65. The van der Waals surface area contributed by atoms with E-state index < -0.39 is 0 Å². The quantitative estimate of drug-likeness (QED) is 0.494. The van der Waals surface area contributed by atoms with Crippen molar-refractivity contribution in [2.75, 3.05) is 0 Å². The highest BCUT2D eigenvalue weighted by Gasteiger charge is 2.12. The van der Waals surface area contributed by atoms with Crippen LogP contribution in [0.5, 0.6) is 11.5 Å². The first-order valence-electron chi connectivity index (χ1n) is 7.95. The van der Waals surface area contributed by atoms with Crippen molar-refractivity contribution >= 4 is 27.9 Å². The Morgan fingerprint density at radius 3 is 2.31 bits per heavy atom. The van der Waals surface area contributed by atoms with Gasteiger partial charge < -0.3 is 9.47 Å². The molecule has 8 heteroatoms. The van der Waals surface area contributed by atoms with Crippen LogP contribution in [0.25, 0.3) is 4.96 Å². The zero-order valence-electron chi connectivity index (χ0n) is 13.9. The lowest BCUT2D eigenvalue weighted by Gasteiger charge is -2.04. The van der Waals surface area contributed by atoms with Gasteiger partial charge >= 0.3 is 0 Å². The smallest absolute Gasteiger partial charge is 0.234 e. The Balaban J connectivity index is 1.42. The molecule has 0 aliphatic carbocycles. The molecular weight excluding hydrogens is 372 g/mol. The number of nitrogens with zero attached hydrogens (tertiary/aromatic N) is 4. The third-order valence-corrected chi connectivity index (χ3v) is 4.79. The summed E-state index contributed by atoms with van der Waals surface area (Å²) in [7, 11) is 0. The van der Waals surface area contributed by atoms with E-state index >= 15 is 0 Å². The summed E-state index contributed by atoms with van der Waals surface area (Å²) in [6, 6.07) is 15.1. The van der Waals surface area contributed by atoms with E-state index in [1.165, 1.54) is 16.9 Å². The van der Waals surface area contributed by atoms with Gasteiger partial charge in [0.1, 0.15) is 24.7 Å². The lowest BCUT2D eigenvalue weighted by Crippen LogP contribution is -2.03. The Morgan fingerprint density at radius 2 is 1.58 bits per heavy atom. The number of hydrogen-bond donors (Lipinski definition) is 0. The lowest BCUT2D eigenvalue weighted by molar-refractivity contribution is 0.290. The van der Waals surface area contributed by atoms with Gasteiger partial charge in [-0.2, -0.15) is 9.61 Å². The molecule has 2 heterocycles. The van der Waals surface area contributed by atoms with Crippen LogP contribution in [0.4, 0.5) is 0 Å². The Morgan fingerprint density at radius 1 is 0.923 bits per heavy atom. The van der Waals surface area contributed by atoms with Gasteiger partial charge in [0.2, 0.25) is 4.96 Å². The number of halogens is 1. The number of rotatable bonds is 6. The van der Waals surface area contributed by atoms with Crippen molar-refractivity contribution in [3.63, 3.8) is 0 Å². The second kappa shape index (κ2) is 7.31. The molecule has 2 aromatic heterocycles. The van der Waals surface area contributed by atoms with E-state index in [2.05, 4.69) is 15.3 Å². The molecule has 0 aliphatic rings. The molecule has 0 N–H and O–H groups in total. The Hall–Kier alpha value is -2.64. The summed E-state index contributed by atoms with van der Waals surface area (Å²) >= 11 is 7.32. The Labute approximate surface area is 159 Å². The first-order chi connectivity index (χ1) is 12.7. The van der Waals surface area contributed by atoms with E-state index in [1.54, 1.807) is 16.6 Å². The van der Waals surface area contributed by atoms with Crippen LogP contribution >= 0.6 is 22.9 Å². The zero-order valence-corrected chi connectivity index (χ0v) is 15.5. The van der Waals surface area contributed by atoms with Gasteiger partial charge in [0, 0.05) is 5.02 Å². The summed E-state index contributed by atoms with van der Waals surface area (Å²) in [6.07, 6.45) is 0. The molecule has 4 rings (SSSR count). The van der Waals surface area contributed by atoms with Gasteiger partial charge in [0.15, 0.2) is 10.8 Å². The van der Waals surface area contributed by atoms with Gasteiger partial charge in [-0.15, -0.1) is 10.2 Å². The van der Waals surface area contributed by atoms with Crippen molar-refractivity contribution in [3.8, 4) is 11.5 Å². The molecule has 0 aliphatic heterocycles. The molecular formula is C18H15ClN4O2S. The zero-order chi connectivity index (χ0) is 17.9. The molecule has 2 aromatic carbocycles. The lowest BCUT2D eigenvalue weighted by atomic mass is 10.2. The molecule has 0 spiro atoms. The third-order valence-electron chi connectivity index (χ3n) is 3.66. The van der Waals surface area contributed by atoms with Crippen LogP contribution in [-0.2, 0) is 13.2 Å². The normalized spacial score (nSPS) is 11.0. The summed E-state index contributed by atoms with van der Waals surface area (Å²) in [6.45, 7) is 2.69. The predicted molar refractivity (Wildman–Crippen MR) is 100.0 cm³/mol. The van der Waals surface area contributed by atoms with Crippen molar-refractivity contribution in [2.24, 2.45) is 0 Å². The Kier molecular flexibility index (Phi) is 4.73. The molecule has 4 aromatic rings. The van der Waals surface area contributed by atoms with Crippen molar-refractivity contribution in [3.05, 3.63) is 69.9 Å². The average Bonchev–Trinajstić information content (AvgIpc) is 3.21. The number of aromatic nitrogens is 4. The highest BCUT2D eigenvalue weighted by atomic mass is 35.5. The minimum absolute atomic E-state index is 0.269. The molecule has 0 radical (unpaired) electrons. The molecule has 132 valence electrons. The second-order valence-corrected chi connectivity index (χ2v) is 7.13. The molecule has 0 amide bonds. The highest BCUT2D eigenvalue weighted by Crippen LogP contribution is 2.20. The largest absolute Gasteiger partial charge is 0.486 e. The third kappa shape index (κ3) is 3.79. The highest BCUT2D eigenvalue weighted by molar-refractivity contribution is 7.16. The van der Waals surface area contributed by atoms with E-state index in [1.807, 2.05) is 43.3 Å². The Bertz CT molecular complexity index is 1010. The minimum atomic E-state index is 0.269. The van der Waals surface area contributed by atoms with Crippen LogP contribution < -0.4 is 9.47 Å². The van der Waals surface area contributed by atoms with Crippen LogP contribution in [0.3, 0.4) is 0 Å². The first kappa shape index (κ1) is 16.8. The number of hydrogen-bond acceptors (Lipinski definition) is 6. The van der Waals surface area contributed by atoms with Crippen molar-refractivity contribution in [1.29, 1.82) is 0 Å². The molecule has 0 atom stereocenters. The topological polar surface area (TPSA) is 61.5 Å². The molecule has 0 fully saturated rings. The number of benzene rings is 2. The molecule has 6 nitrogen and oxygen atoms in total. The van der Waals surface area contributed by atoms with Crippen LogP contribution in [0, 0.1) is 6.92 Å². The van der Waals surface area contributed by atoms with Crippen LogP contribution in [-0.4, -0.2) is 19.8 Å². The summed E-state index contributed by atoms with van der Waals surface area (Å²) < 4.78 is 13.2. The van der Waals surface area contributed by atoms with Gasteiger partial charge in [0.25, 0.3) is 0 Å². The fraction of sp³-hybridized carbons (Fsp3) is 0.167. The monoisotopic (exact) mass is 386 g/mol. The molecule has 0 unspecified atom stereocenters. The maximum Gasteiger partial charge on any atom is 0.234 e. The van der Waals surface area contributed by atoms with E-state index in [-0.39, 0.29) is 6.61 Å². The fourth-order valence-corrected chi connectivity index (χ4v) is 3.20. The van der Waals surface area contributed by atoms with Crippen molar-refractivity contribution < 1.29 is 9.47 Å². The van der Waals surface area contributed by atoms with Crippen molar-refractivity contribution in [2.45, 2.75) is 20.1 Å². The maximum atomic E-state index is 5.87. The number of fused-ring (bicyclic) bond motifs is 1. The summed E-state index contributed by atoms with van der Waals surface area (Å²) in [4.78, 5) is 0.710. The minimum Gasteiger partial charge on any atom is -0.486 e. The van der Waals surface area contributed by atoms with E-state index in [0.29, 0.717) is 28.2 Å². The van der Waals surface area contributed by atoms with Gasteiger partial charge in [-0.1, -0.05) is 40.6 Å². The summed E-state index contributed by atoms with van der Waals surface area (Å²) in [5.41, 5.74) is 1.20. The first-order valence-corrected chi connectivity index (χ1v) is 9.15. The standard InChI is InChI=1S/C18H15ClN4O2S/c1-12-2-6-14(7-3-12)25-11-17-22-23-16(20-21-18(23)26-17)10-24-15-8-4-13(19)5-9-15/h2-9H,10-11H2,1H3. The van der Waals surface area contributed by atoms with Crippen LogP contribution in [0.1, 0.15) is 16.4 Å². The molecule has 0 bridgehead atoms. The summed E-state index contributed by atoms with van der Waals surface area (Å²) in [5, 5.41) is 14.3. The van der Waals surface area contributed by atoms with Gasteiger partial charge in [-0.05, 0) is 43.3 Å². The molecule has 0 saturated carbocycles. The number of ether oxygens (including phenoxy) is 2. The van der Waals surface area contributed by atoms with Gasteiger partial charge in [-0.3, -0.25) is 0 Å². The number of aryl methyl sites for hydroxylation is 1. The van der Waals surface area contributed by atoms with E-state index in [0.717, 1.165) is 10.8 Å². The SMILES string of the molecule is Cc1ccc(OCc2nn3c(COc4ccc(Cl)cc4)nnc3s2)cc1. The van der Waals surface area contributed by atoms with Gasteiger partial charge in [-0.25, -0.2) is 0 Å². The maximum absolute atomic E-state index is 5.87. The van der Waals surface area contributed by atoms with Crippen LogP contribution in [0.2, 0.25) is 5.02 Å².